The van der Waals surface area contributed by atoms with Gasteiger partial charge in [0.15, 0.2) is 0 Å². The highest BCUT2D eigenvalue weighted by molar-refractivity contribution is 6.30. The van der Waals surface area contributed by atoms with E-state index in [4.69, 9.17) is 11.6 Å². The van der Waals surface area contributed by atoms with Crippen molar-refractivity contribution in [2.45, 2.75) is 58.5 Å². The van der Waals surface area contributed by atoms with Crippen LogP contribution in [-0.2, 0) is 17.8 Å². The lowest BCUT2D eigenvalue weighted by Crippen LogP contribution is -2.46. The van der Waals surface area contributed by atoms with Crippen LogP contribution >= 0.6 is 11.6 Å². The Morgan fingerprint density at radius 1 is 1.26 bits per heavy atom. The second-order valence-electron chi connectivity index (χ2n) is 7.00. The normalized spacial score (nSPS) is 17.1. The molecule has 1 fully saturated rings. The molecule has 1 aliphatic heterocycles. The molecule has 0 saturated carbocycles. The molecule has 1 aliphatic rings. The molecule has 0 spiro atoms. The number of likely N-dealkylation sites (tertiary alicyclic amines) is 1. The second-order valence-corrected chi connectivity index (χ2v) is 7.44. The van der Waals surface area contributed by atoms with Crippen LogP contribution in [0.15, 0.2) is 35.1 Å². The summed E-state index contributed by atoms with van der Waals surface area (Å²) in [5.74, 6) is 0.484. The third-order valence-electron chi connectivity index (χ3n) is 5.22. The average Bonchev–Trinajstić information content (AvgIpc) is 2.69. The summed E-state index contributed by atoms with van der Waals surface area (Å²) < 4.78 is 1.48. The maximum atomic E-state index is 13.0. The van der Waals surface area contributed by atoms with Crippen LogP contribution < -0.4 is 5.56 Å². The van der Waals surface area contributed by atoms with Crippen molar-refractivity contribution in [1.82, 2.24) is 14.5 Å². The average molecular weight is 388 g/mol. The fraction of sp³-hybridized carbons (Fsp3) is 0.476. The van der Waals surface area contributed by atoms with Gasteiger partial charge in [-0.3, -0.25) is 14.2 Å². The Morgan fingerprint density at radius 3 is 2.78 bits per heavy atom. The zero-order valence-corrected chi connectivity index (χ0v) is 16.7. The number of amides is 1. The molecule has 0 unspecified atom stereocenters. The molecule has 0 bridgehead atoms. The highest BCUT2D eigenvalue weighted by Crippen LogP contribution is 2.23. The van der Waals surface area contributed by atoms with Gasteiger partial charge >= 0.3 is 0 Å². The number of rotatable bonds is 5. The summed E-state index contributed by atoms with van der Waals surface area (Å²) in [7, 11) is 0. The van der Waals surface area contributed by atoms with E-state index in [1.54, 1.807) is 12.1 Å². The monoisotopic (exact) mass is 387 g/mol. The highest BCUT2D eigenvalue weighted by Gasteiger charge is 2.26. The Morgan fingerprint density at radius 2 is 2.07 bits per heavy atom. The fourth-order valence-corrected chi connectivity index (χ4v) is 3.91. The van der Waals surface area contributed by atoms with Gasteiger partial charge < -0.3 is 4.90 Å². The lowest BCUT2D eigenvalue weighted by molar-refractivity contribution is -0.135. The molecular weight excluding hydrogens is 362 g/mol. The van der Waals surface area contributed by atoms with Gasteiger partial charge in [0.2, 0.25) is 5.91 Å². The smallest absolute Gasteiger partial charge is 0.254 e. The van der Waals surface area contributed by atoms with E-state index in [0.29, 0.717) is 23.0 Å². The first-order valence-corrected chi connectivity index (χ1v) is 10.1. The summed E-state index contributed by atoms with van der Waals surface area (Å²) in [4.78, 5) is 32.3. The summed E-state index contributed by atoms with van der Waals surface area (Å²) in [6, 6.07) is 9.03. The molecule has 1 amide bonds. The van der Waals surface area contributed by atoms with Crippen molar-refractivity contribution < 1.29 is 4.79 Å². The van der Waals surface area contributed by atoms with Crippen molar-refractivity contribution in [3.63, 3.8) is 0 Å². The molecule has 2 aromatic rings. The van der Waals surface area contributed by atoms with Crippen LogP contribution in [-0.4, -0.2) is 32.9 Å². The number of carbonyl (C=O) groups is 1. The Hall–Kier alpha value is -2.14. The summed E-state index contributed by atoms with van der Waals surface area (Å²) in [6.45, 7) is 4.84. The molecule has 1 aromatic heterocycles. The minimum atomic E-state index is -0.199. The minimum absolute atomic E-state index is 0.00811. The van der Waals surface area contributed by atoms with Gasteiger partial charge in [-0.25, -0.2) is 4.98 Å². The summed E-state index contributed by atoms with van der Waals surface area (Å²) in [6.07, 6.45) is 4.80. The largest absolute Gasteiger partial charge is 0.338 e. The number of piperidine rings is 1. The third-order valence-corrected chi connectivity index (χ3v) is 5.45. The molecule has 3 rings (SSSR count). The first-order chi connectivity index (χ1) is 13.0. The highest BCUT2D eigenvalue weighted by atomic mass is 35.5. The maximum absolute atomic E-state index is 13.0. The van der Waals surface area contributed by atoms with Crippen molar-refractivity contribution >= 4 is 17.5 Å². The maximum Gasteiger partial charge on any atom is 0.254 e. The van der Waals surface area contributed by atoms with Crippen molar-refractivity contribution in [2.24, 2.45) is 0 Å². The van der Waals surface area contributed by atoms with Crippen LogP contribution in [0.3, 0.4) is 0 Å². The molecule has 0 aliphatic carbocycles. The zero-order chi connectivity index (χ0) is 19.4. The second kappa shape index (κ2) is 8.70. The van der Waals surface area contributed by atoms with Gasteiger partial charge in [-0.05, 0) is 44.2 Å². The van der Waals surface area contributed by atoms with E-state index >= 15 is 0 Å². The molecule has 2 heterocycles. The molecule has 144 valence electrons. The predicted molar refractivity (Wildman–Crippen MR) is 108 cm³/mol. The number of halogens is 1. The topological polar surface area (TPSA) is 55.2 Å². The van der Waals surface area contributed by atoms with E-state index in [2.05, 4.69) is 11.9 Å². The van der Waals surface area contributed by atoms with Crippen molar-refractivity contribution in [1.29, 1.82) is 0 Å². The number of nitrogens with zero attached hydrogens (tertiary/aromatic N) is 3. The zero-order valence-electron chi connectivity index (χ0n) is 15.9. The lowest BCUT2D eigenvalue weighted by atomic mass is 10.00. The molecule has 27 heavy (non-hydrogen) atoms. The first-order valence-electron chi connectivity index (χ1n) is 9.69. The van der Waals surface area contributed by atoms with Gasteiger partial charge in [0.1, 0.15) is 12.4 Å². The summed E-state index contributed by atoms with van der Waals surface area (Å²) in [5, 5.41) is 0.573. The third kappa shape index (κ3) is 4.41. The molecule has 1 atom stereocenters. The molecule has 1 saturated heterocycles. The molecule has 0 N–H and O–H groups in total. The van der Waals surface area contributed by atoms with E-state index in [1.807, 2.05) is 24.0 Å². The van der Waals surface area contributed by atoms with Crippen LogP contribution in [0.4, 0.5) is 0 Å². The fourth-order valence-electron chi connectivity index (χ4n) is 3.71. The number of carbonyl (C=O) groups excluding carboxylic acids is 1. The number of aryl methyl sites for hydroxylation is 1. The molecule has 5 nitrogen and oxygen atoms in total. The van der Waals surface area contributed by atoms with Gasteiger partial charge in [-0.15, -0.1) is 0 Å². The first kappa shape index (κ1) is 19.6. The van der Waals surface area contributed by atoms with Gasteiger partial charge in [-0.1, -0.05) is 37.6 Å². The minimum Gasteiger partial charge on any atom is -0.338 e. The Bertz CT molecular complexity index is 878. The van der Waals surface area contributed by atoms with Crippen molar-refractivity contribution in [2.75, 3.05) is 6.54 Å². The van der Waals surface area contributed by atoms with E-state index in [-0.39, 0.29) is 24.1 Å². The van der Waals surface area contributed by atoms with Crippen LogP contribution in [0.1, 0.15) is 45.2 Å². The quantitative estimate of drug-likeness (QED) is 0.781. The summed E-state index contributed by atoms with van der Waals surface area (Å²) >= 11 is 6.14. The molecule has 1 aromatic carbocycles. The van der Waals surface area contributed by atoms with E-state index in [1.165, 1.54) is 10.6 Å². The Labute approximate surface area is 165 Å². The van der Waals surface area contributed by atoms with Crippen molar-refractivity contribution in [3.05, 3.63) is 51.4 Å². The van der Waals surface area contributed by atoms with Crippen LogP contribution in [0.5, 0.6) is 0 Å². The predicted octanol–water partition coefficient (Wildman–Crippen LogP) is 3.92. The molecule has 0 radical (unpaired) electrons. The van der Waals surface area contributed by atoms with Gasteiger partial charge in [0, 0.05) is 34.9 Å². The van der Waals surface area contributed by atoms with Crippen LogP contribution in [0, 0.1) is 0 Å². The van der Waals surface area contributed by atoms with Crippen LogP contribution in [0.2, 0.25) is 5.02 Å². The van der Waals surface area contributed by atoms with Gasteiger partial charge in [0.25, 0.3) is 5.56 Å². The lowest BCUT2D eigenvalue weighted by Gasteiger charge is -2.35. The van der Waals surface area contributed by atoms with E-state index < -0.39 is 0 Å². The van der Waals surface area contributed by atoms with E-state index in [0.717, 1.165) is 37.8 Å². The van der Waals surface area contributed by atoms with Gasteiger partial charge in [-0.2, -0.15) is 0 Å². The van der Waals surface area contributed by atoms with Crippen LogP contribution in [0.25, 0.3) is 11.4 Å². The Kier molecular flexibility index (Phi) is 6.32. The van der Waals surface area contributed by atoms with E-state index in [9.17, 15) is 9.59 Å². The Balaban J connectivity index is 1.99. The number of aromatic nitrogens is 2. The number of benzene rings is 1. The van der Waals surface area contributed by atoms with Gasteiger partial charge in [0.05, 0.1) is 0 Å². The SMILES string of the molecule is CCc1cc(=O)n(CC(=O)N2CCCC[C@@H]2CC)c(-c2cccc(Cl)c2)n1. The number of hydrogen-bond donors (Lipinski definition) is 0. The summed E-state index contributed by atoms with van der Waals surface area (Å²) in [5.41, 5.74) is 1.26. The molecule has 6 heteroatoms. The van der Waals surface area contributed by atoms with Crippen molar-refractivity contribution in [3.8, 4) is 11.4 Å². The number of hydrogen-bond acceptors (Lipinski definition) is 3. The standard InChI is InChI=1S/C21H26ClN3O2/c1-3-17-13-19(26)25(21(23-17)15-8-7-9-16(22)12-15)14-20(27)24-11-6-5-10-18(24)4-2/h7-9,12-13,18H,3-6,10-11,14H2,1-2H3/t18-/m0/s1. The molecular formula is C21H26ClN3O2.